The van der Waals surface area contributed by atoms with Gasteiger partial charge in [-0.2, -0.15) is 13.1 Å². The zero-order valence-corrected chi connectivity index (χ0v) is 8.78. The molecular formula is C6H13NO8S. The summed E-state index contributed by atoms with van der Waals surface area (Å²) < 4.78 is 30.4. The van der Waals surface area contributed by atoms with Crippen molar-refractivity contribution in [3.8, 4) is 0 Å². The van der Waals surface area contributed by atoms with E-state index in [4.69, 9.17) is 19.9 Å². The predicted molar refractivity (Wildman–Crippen MR) is 49.6 cm³/mol. The fraction of sp³-hybridized carbons (Fsp3) is 0.833. The molecule has 4 unspecified atom stereocenters. The summed E-state index contributed by atoms with van der Waals surface area (Å²) in [5, 5.41) is 35.8. The van der Waals surface area contributed by atoms with Crippen molar-refractivity contribution in [2.75, 3.05) is 6.61 Å². The number of aldehydes is 1. The maximum absolute atomic E-state index is 10.4. The van der Waals surface area contributed by atoms with E-state index in [1.165, 1.54) is 4.72 Å². The second-order valence-electron chi connectivity index (χ2n) is 2.99. The quantitative estimate of drug-likeness (QED) is 0.199. The number of hydrogen-bond donors (Lipinski definition) is 6. The third-order valence-corrected chi connectivity index (χ3v) is 2.30. The van der Waals surface area contributed by atoms with E-state index in [0.717, 1.165) is 0 Å². The molecule has 0 aliphatic carbocycles. The van der Waals surface area contributed by atoms with Crippen LogP contribution in [0, 0.1) is 0 Å². The maximum atomic E-state index is 10.4. The monoisotopic (exact) mass is 259 g/mol. The number of hydrogen-bond acceptors (Lipinski definition) is 7. The van der Waals surface area contributed by atoms with E-state index in [-0.39, 0.29) is 6.29 Å². The first-order valence-corrected chi connectivity index (χ1v) is 5.52. The van der Waals surface area contributed by atoms with Gasteiger partial charge in [-0.05, 0) is 0 Å². The normalized spacial score (nSPS) is 19.8. The minimum absolute atomic E-state index is 0.0776. The van der Waals surface area contributed by atoms with Gasteiger partial charge in [0.1, 0.15) is 30.6 Å². The number of rotatable bonds is 7. The molecule has 0 bridgehead atoms. The molecule has 0 rings (SSSR count). The van der Waals surface area contributed by atoms with Gasteiger partial charge in [0.25, 0.3) is 0 Å². The van der Waals surface area contributed by atoms with Crippen molar-refractivity contribution in [2.24, 2.45) is 0 Å². The molecule has 0 fully saturated rings. The Kier molecular flexibility index (Phi) is 5.96. The summed E-state index contributed by atoms with van der Waals surface area (Å²) in [6, 6.07) is -1.84. The van der Waals surface area contributed by atoms with Crippen molar-refractivity contribution in [2.45, 2.75) is 24.4 Å². The second kappa shape index (κ2) is 6.20. The van der Waals surface area contributed by atoms with Crippen LogP contribution in [0.25, 0.3) is 0 Å². The van der Waals surface area contributed by atoms with Crippen LogP contribution in [0.2, 0.25) is 0 Å². The summed E-state index contributed by atoms with van der Waals surface area (Å²) in [7, 11) is -4.74. The van der Waals surface area contributed by atoms with Gasteiger partial charge >= 0.3 is 10.3 Å². The van der Waals surface area contributed by atoms with Gasteiger partial charge in [-0.25, -0.2) is 0 Å². The zero-order chi connectivity index (χ0) is 12.9. The lowest BCUT2D eigenvalue weighted by molar-refractivity contribution is -0.119. The Balaban J connectivity index is 4.65. The largest absolute Gasteiger partial charge is 0.394 e. The molecule has 10 heteroatoms. The fourth-order valence-electron chi connectivity index (χ4n) is 0.898. The summed E-state index contributed by atoms with van der Waals surface area (Å²) in [5.41, 5.74) is 0. The zero-order valence-electron chi connectivity index (χ0n) is 7.96. The molecule has 0 radical (unpaired) electrons. The van der Waals surface area contributed by atoms with Gasteiger partial charge in [0, 0.05) is 0 Å². The molecule has 0 aromatic carbocycles. The Labute approximate surface area is 91.2 Å². The van der Waals surface area contributed by atoms with Crippen LogP contribution in [0.15, 0.2) is 0 Å². The third kappa shape index (κ3) is 4.94. The summed E-state index contributed by atoms with van der Waals surface area (Å²) in [6.45, 7) is -0.893. The first-order chi connectivity index (χ1) is 7.22. The smallest absolute Gasteiger partial charge is 0.334 e. The van der Waals surface area contributed by atoms with Crippen molar-refractivity contribution in [3.63, 3.8) is 0 Å². The highest BCUT2D eigenvalue weighted by atomic mass is 32.2. The third-order valence-electron chi connectivity index (χ3n) is 1.73. The van der Waals surface area contributed by atoms with Gasteiger partial charge in [0.2, 0.25) is 0 Å². The van der Waals surface area contributed by atoms with Crippen molar-refractivity contribution < 1.29 is 38.2 Å². The van der Waals surface area contributed by atoms with Gasteiger partial charge in [-0.3, -0.25) is 4.55 Å². The molecule has 16 heavy (non-hydrogen) atoms. The molecule has 0 aliphatic rings. The van der Waals surface area contributed by atoms with Crippen molar-refractivity contribution in [3.05, 3.63) is 0 Å². The number of aliphatic hydroxyl groups excluding tert-OH is 4. The molecule has 0 amide bonds. The van der Waals surface area contributed by atoms with Crippen molar-refractivity contribution in [1.29, 1.82) is 0 Å². The van der Waals surface area contributed by atoms with Crippen LogP contribution < -0.4 is 4.72 Å². The molecule has 0 saturated heterocycles. The SMILES string of the molecule is O=CC(NS(=O)(=O)O)C(O)C(O)C(O)CO. The molecule has 0 spiro atoms. The minimum atomic E-state index is -4.74. The van der Waals surface area contributed by atoms with Crippen LogP contribution in [-0.2, 0) is 15.1 Å². The number of carbonyl (C=O) groups excluding carboxylic acids is 1. The van der Waals surface area contributed by atoms with Crippen molar-refractivity contribution in [1.82, 2.24) is 4.72 Å². The van der Waals surface area contributed by atoms with E-state index in [2.05, 4.69) is 0 Å². The predicted octanol–water partition coefficient (Wildman–Crippen LogP) is -3.98. The second-order valence-corrected chi connectivity index (χ2v) is 4.17. The van der Waals surface area contributed by atoms with E-state index >= 15 is 0 Å². The summed E-state index contributed by atoms with van der Waals surface area (Å²) >= 11 is 0. The van der Waals surface area contributed by atoms with Crippen LogP contribution in [0.4, 0.5) is 0 Å². The highest BCUT2D eigenvalue weighted by Gasteiger charge is 2.32. The van der Waals surface area contributed by atoms with Crippen LogP contribution >= 0.6 is 0 Å². The van der Waals surface area contributed by atoms with E-state index in [0.29, 0.717) is 0 Å². The lowest BCUT2D eigenvalue weighted by atomic mass is 10.0. The van der Waals surface area contributed by atoms with E-state index < -0.39 is 41.3 Å². The first kappa shape index (κ1) is 15.4. The van der Waals surface area contributed by atoms with E-state index in [1.807, 2.05) is 0 Å². The fourth-order valence-corrected chi connectivity index (χ4v) is 1.44. The molecule has 4 atom stereocenters. The summed E-state index contributed by atoms with van der Waals surface area (Å²) in [6.07, 6.45) is -5.79. The highest BCUT2D eigenvalue weighted by Crippen LogP contribution is 2.04. The average Bonchev–Trinajstić information content (AvgIpc) is 2.21. The van der Waals surface area contributed by atoms with Crippen LogP contribution in [0.1, 0.15) is 0 Å². The molecule has 0 heterocycles. The van der Waals surface area contributed by atoms with Gasteiger partial charge in [0.05, 0.1) is 6.61 Å². The maximum Gasteiger partial charge on any atom is 0.334 e. The number of carbonyl (C=O) groups is 1. The molecule has 6 N–H and O–H groups in total. The Hall–Kier alpha value is -0.620. The molecule has 0 saturated carbocycles. The molecule has 0 aromatic heterocycles. The van der Waals surface area contributed by atoms with Crippen LogP contribution in [-0.4, -0.2) is 70.6 Å². The van der Waals surface area contributed by atoms with Gasteiger partial charge < -0.3 is 25.2 Å². The van der Waals surface area contributed by atoms with Gasteiger partial charge in [-0.15, -0.1) is 0 Å². The van der Waals surface area contributed by atoms with E-state index in [1.54, 1.807) is 0 Å². The number of aliphatic hydroxyl groups is 4. The standard InChI is InChI=1S/C6H13NO8S/c8-1-3(7-16(13,14)15)5(11)6(12)4(10)2-9/h1,3-7,9-12H,2H2,(H,13,14,15). The van der Waals surface area contributed by atoms with Gasteiger partial charge in [0.15, 0.2) is 0 Å². The van der Waals surface area contributed by atoms with Crippen LogP contribution in [0.5, 0.6) is 0 Å². The Morgan fingerprint density at radius 2 is 1.69 bits per heavy atom. The minimum Gasteiger partial charge on any atom is -0.394 e. The summed E-state index contributed by atoms with van der Waals surface area (Å²) in [4.78, 5) is 10.4. The molecule has 9 nitrogen and oxygen atoms in total. The lowest BCUT2D eigenvalue weighted by Crippen LogP contribution is -2.53. The lowest BCUT2D eigenvalue weighted by Gasteiger charge is -2.25. The Morgan fingerprint density at radius 1 is 1.19 bits per heavy atom. The highest BCUT2D eigenvalue weighted by molar-refractivity contribution is 7.83. The summed E-state index contributed by atoms with van der Waals surface area (Å²) in [5.74, 6) is 0. The van der Waals surface area contributed by atoms with Gasteiger partial charge in [-0.1, -0.05) is 0 Å². The molecule has 0 aromatic rings. The molecule has 96 valence electrons. The van der Waals surface area contributed by atoms with Crippen molar-refractivity contribution >= 4 is 16.6 Å². The average molecular weight is 259 g/mol. The number of nitrogens with one attached hydrogen (secondary N) is 1. The Morgan fingerprint density at radius 3 is 2.00 bits per heavy atom. The Bertz CT molecular complexity index is 316. The van der Waals surface area contributed by atoms with Crippen LogP contribution in [0.3, 0.4) is 0 Å². The molecular weight excluding hydrogens is 246 g/mol. The first-order valence-electron chi connectivity index (χ1n) is 4.08. The topological polar surface area (TPSA) is 164 Å². The molecule has 0 aliphatic heterocycles. The van der Waals surface area contributed by atoms with E-state index in [9.17, 15) is 18.3 Å².